The first-order valence-corrected chi connectivity index (χ1v) is 10.9. The average molecular weight is 528 g/mol. The van der Waals surface area contributed by atoms with E-state index in [4.69, 9.17) is 9.47 Å². The Bertz CT molecular complexity index is 1240. The molecule has 150 valence electrons. The van der Waals surface area contributed by atoms with Crippen molar-refractivity contribution < 1.29 is 14.3 Å². The average Bonchev–Trinajstić information content (AvgIpc) is 3.33. The summed E-state index contributed by atoms with van der Waals surface area (Å²) in [5.74, 6) is 1.40. The zero-order chi connectivity index (χ0) is 20.8. The SMILES string of the molecule is CC(=O)Nc1c(Br)cc2c(c1Br)Cc1cc(N=Cc3ccc4c(c3)OCO4)ccc1-2. The molecule has 0 atom stereocenters. The molecule has 30 heavy (non-hydrogen) atoms. The minimum atomic E-state index is -0.105. The van der Waals surface area contributed by atoms with Gasteiger partial charge in [0.2, 0.25) is 12.7 Å². The molecule has 1 aliphatic heterocycles. The minimum absolute atomic E-state index is 0.105. The van der Waals surface area contributed by atoms with Crippen LogP contribution in [0.25, 0.3) is 11.1 Å². The van der Waals surface area contributed by atoms with Crippen LogP contribution in [0.2, 0.25) is 0 Å². The van der Waals surface area contributed by atoms with Gasteiger partial charge in [0.25, 0.3) is 0 Å². The van der Waals surface area contributed by atoms with Crippen molar-refractivity contribution in [2.24, 2.45) is 4.99 Å². The number of carbonyl (C=O) groups is 1. The van der Waals surface area contributed by atoms with E-state index in [-0.39, 0.29) is 12.7 Å². The molecule has 3 aromatic carbocycles. The molecule has 3 aromatic rings. The number of fused-ring (bicyclic) bond motifs is 4. The van der Waals surface area contributed by atoms with Crippen LogP contribution in [-0.2, 0) is 11.2 Å². The third-order valence-corrected chi connectivity index (χ3v) is 6.63. The number of nitrogens with one attached hydrogen (secondary N) is 1. The van der Waals surface area contributed by atoms with Crippen molar-refractivity contribution in [3.05, 3.63) is 68.1 Å². The van der Waals surface area contributed by atoms with Crippen molar-refractivity contribution in [3.63, 3.8) is 0 Å². The molecule has 0 fully saturated rings. The van der Waals surface area contributed by atoms with Gasteiger partial charge in [0.1, 0.15) is 0 Å². The van der Waals surface area contributed by atoms with Crippen LogP contribution in [0.1, 0.15) is 23.6 Å². The summed E-state index contributed by atoms with van der Waals surface area (Å²) >= 11 is 7.26. The van der Waals surface area contributed by atoms with E-state index in [1.165, 1.54) is 18.1 Å². The first-order valence-electron chi connectivity index (χ1n) is 9.35. The Balaban J connectivity index is 1.44. The van der Waals surface area contributed by atoms with Crippen molar-refractivity contribution in [2.75, 3.05) is 12.1 Å². The molecule has 0 unspecified atom stereocenters. The highest BCUT2D eigenvalue weighted by Gasteiger charge is 2.24. The van der Waals surface area contributed by atoms with E-state index >= 15 is 0 Å². The maximum atomic E-state index is 11.5. The van der Waals surface area contributed by atoms with Crippen molar-refractivity contribution >= 4 is 55.4 Å². The van der Waals surface area contributed by atoms with Gasteiger partial charge in [0, 0.05) is 22.1 Å². The quantitative estimate of drug-likeness (QED) is 0.322. The van der Waals surface area contributed by atoms with E-state index in [0.29, 0.717) is 0 Å². The summed E-state index contributed by atoms with van der Waals surface area (Å²) < 4.78 is 12.5. The predicted molar refractivity (Wildman–Crippen MR) is 124 cm³/mol. The number of halogens is 2. The molecule has 1 heterocycles. The molecule has 1 aliphatic carbocycles. The molecule has 1 amide bonds. The number of hydrogen-bond donors (Lipinski definition) is 1. The van der Waals surface area contributed by atoms with Crippen LogP contribution in [0, 0.1) is 0 Å². The third-order valence-electron chi connectivity index (χ3n) is 5.13. The van der Waals surface area contributed by atoms with Gasteiger partial charge in [-0.05, 0) is 102 Å². The molecule has 7 heteroatoms. The van der Waals surface area contributed by atoms with Crippen LogP contribution < -0.4 is 14.8 Å². The fourth-order valence-corrected chi connectivity index (χ4v) is 5.22. The maximum Gasteiger partial charge on any atom is 0.231 e. The summed E-state index contributed by atoms with van der Waals surface area (Å²) in [6, 6.07) is 14.1. The van der Waals surface area contributed by atoms with Gasteiger partial charge < -0.3 is 14.8 Å². The zero-order valence-electron chi connectivity index (χ0n) is 16.0. The van der Waals surface area contributed by atoms with E-state index in [1.807, 2.05) is 30.5 Å². The van der Waals surface area contributed by atoms with Gasteiger partial charge in [0.05, 0.1) is 11.4 Å². The lowest BCUT2D eigenvalue weighted by Crippen LogP contribution is -2.08. The van der Waals surface area contributed by atoms with Gasteiger partial charge >= 0.3 is 0 Å². The summed E-state index contributed by atoms with van der Waals surface area (Å²) in [7, 11) is 0. The van der Waals surface area contributed by atoms with E-state index in [1.54, 1.807) is 0 Å². The summed E-state index contributed by atoms with van der Waals surface area (Å²) in [6.07, 6.45) is 2.60. The Morgan fingerprint density at radius 1 is 1.07 bits per heavy atom. The van der Waals surface area contributed by atoms with Crippen LogP contribution >= 0.6 is 31.9 Å². The molecule has 0 saturated heterocycles. The highest BCUT2D eigenvalue weighted by molar-refractivity contribution is 9.11. The molecule has 1 N–H and O–H groups in total. The van der Waals surface area contributed by atoms with E-state index in [9.17, 15) is 4.79 Å². The van der Waals surface area contributed by atoms with Crippen LogP contribution in [0.4, 0.5) is 11.4 Å². The molecule has 0 saturated carbocycles. The largest absolute Gasteiger partial charge is 0.454 e. The zero-order valence-corrected chi connectivity index (χ0v) is 19.1. The molecule has 0 radical (unpaired) electrons. The predicted octanol–water partition coefficient (Wildman–Crippen LogP) is 6.22. The Morgan fingerprint density at radius 2 is 1.90 bits per heavy atom. The summed E-state index contributed by atoms with van der Waals surface area (Å²) in [4.78, 5) is 16.2. The molecular formula is C23H16Br2N2O3. The first-order chi connectivity index (χ1) is 14.5. The number of benzene rings is 3. The number of ether oxygens (including phenoxy) is 2. The van der Waals surface area contributed by atoms with Crippen molar-refractivity contribution in [3.8, 4) is 22.6 Å². The van der Waals surface area contributed by atoms with Gasteiger partial charge in [-0.2, -0.15) is 0 Å². The highest BCUT2D eigenvalue weighted by Crippen LogP contribution is 2.47. The lowest BCUT2D eigenvalue weighted by atomic mass is 10.0. The molecule has 0 spiro atoms. The van der Waals surface area contributed by atoms with E-state index < -0.39 is 0 Å². The van der Waals surface area contributed by atoms with E-state index in [2.05, 4.69) is 60.4 Å². The Labute approximate surface area is 190 Å². The van der Waals surface area contributed by atoms with Gasteiger partial charge in [-0.1, -0.05) is 6.07 Å². The highest BCUT2D eigenvalue weighted by atomic mass is 79.9. The molecule has 2 aliphatic rings. The Morgan fingerprint density at radius 3 is 2.73 bits per heavy atom. The van der Waals surface area contributed by atoms with Crippen molar-refractivity contribution in [1.82, 2.24) is 0 Å². The minimum Gasteiger partial charge on any atom is -0.454 e. The van der Waals surface area contributed by atoms with Gasteiger partial charge in [-0.25, -0.2) is 0 Å². The van der Waals surface area contributed by atoms with Crippen LogP contribution in [0.15, 0.2) is 56.4 Å². The molecule has 5 nitrogen and oxygen atoms in total. The number of anilines is 1. The Kier molecular flexibility index (Phi) is 4.87. The number of rotatable bonds is 3. The fraction of sp³-hybridized carbons (Fsp3) is 0.130. The summed E-state index contributed by atoms with van der Waals surface area (Å²) in [5.41, 5.74) is 7.31. The number of nitrogens with zero attached hydrogens (tertiary/aromatic N) is 1. The number of aliphatic imine (C=N–C) groups is 1. The molecule has 5 rings (SSSR count). The lowest BCUT2D eigenvalue weighted by molar-refractivity contribution is -0.114. The number of hydrogen-bond acceptors (Lipinski definition) is 4. The van der Waals surface area contributed by atoms with Gasteiger partial charge in [0.15, 0.2) is 11.5 Å². The molecule has 0 bridgehead atoms. The monoisotopic (exact) mass is 526 g/mol. The van der Waals surface area contributed by atoms with Crippen molar-refractivity contribution in [2.45, 2.75) is 13.3 Å². The van der Waals surface area contributed by atoms with Crippen LogP contribution in [-0.4, -0.2) is 18.9 Å². The third kappa shape index (κ3) is 3.42. The topological polar surface area (TPSA) is 59.9 Å². The number of carbonyl (C=O) groups excluding carboxylic acids is 1. The second-order valence-electron chi connectivity index (χ2n) is 7.14. The number of amides is 1. The van der Waals surface area contributed by atoms with Gasteiger partial charge in [-0.15, -0.1) is 0 Å². The second kappa shape index (κ2) is 7.56. The smallest absolute Gasteiger partial charge is 0.231 e. The van der Waals surface area contributed by atoms with Gasteiger partial charge in [-0.3, -0.25) is 9.79 Å². The molecular weight excluding hydrogens is 512 g/mol. The van der Waals surface area contributed by atoms with Crippen molar-refractivity contribution in [1.29, 1.82) is 0 Å². The lowest BCUT2D eigenvalue weighted by Gasteiger charge is -2.12. The molecule has 0 aromatic heterocycles. The first kappa shape index (κ1) is 19.3. The Hall–Kier alpha value is -2.64. The fourth-order valence-electron chi connectivity index (χ4n) is 3.77. The van der Waals surface area contributed by atoms with Crippen LogP contribution in [0.5, 0.6) is 11.5 Å². The standard InChI is InChI=1S/C23H16Br2N2O3/c1-12(28)27-23-19(24)9-17-16-4-3-15(7-14(16)8-18(17)22(23)25)26-10-13-2-5-20-21(6-13)30-11-29-20/h2-7,9-10H,8,11H2,1H3,(H,27,28). The second-order valence-corrected chi connectivity index (χ2v) is 8.79. The summed E-state index contributed by atoms with van der Waals surface area (Å²) in [5, 5.41) is 2.89. The summed E-state index contributed by atoms with van der Waals surface area (Å²) in [6.45, 7) is 1.77. The maximum absolute atomic E-state index is 11.5. The van der Waals surface area contributed by atoms with Crippen LogP contribution in [0.3, 0.4) is 0 Å². The van der Waals surface area contributed by atoms with E-state index in [0.717, 1.165) is 54.9 Å². The normalized spacial score (nSPS) is 13.4.